The van der Waals surface area contributed by atoms with Crippen molar-refractivity contribution in [3.63, 3.8) is 0 Å². The molecule has 1 aliphatic rings. The van der Waals surface area contributed by atoms with Gasteiger partial charge in [0.1, 0.15) is 0 Å². The van der Waals surface area contributed by atoms with Crippen molar-refractivity contribution in [3.05, 3.63) is 0 Å². The van der Waals surface area contributed by atoms with Crippen molar-refractivity contribution in [1.29, 1.82) is 0 Å². The molecule has 0 saturated carbocycles. The van der Waals surface area contributed by atoms with Crippen molar-refractivity contribution in [2.75, 3.05) is 4.95 Å². The molecule has 0 aromatic carbocycles. The molecule has 9 heteroatoms. The number of alkyl halides is 1. The van der Waals surface area contributed by atoms with Crippen molar-refractivity contribution < 1.29 is 16.5 Å². The molecule has 0 aliphatic carbocycles. The quantitative estimate of drug-likeness (QED) is 0.521. The number of rotatable bonds is 1. The molecule has 4 nitrogen and oxygen atoms in total. The molecule has 0 radical (unpaired) electrons. The number of hydrogen-bond acceptors (Lipinski definition) is 4. The molecule has 0 aromatic heterocycles. The van der Waals surface area contributed by atoms with Gasteiger partial charge < -0.3 is 16.5 Å². The summed E-state index contributed by atoms with van der Waals surface area (Å²) >= 11 is 3.52. The van der Waals surface area contributed by atoms with Crippen molar-refractivity contribution in [2.45, 2.75) is 45.8 Å². The Balaban J connectivity index is 3.02. The van der Waals surface area contributed by atoms with E-state index in [1.54, 1.807) is 0 Å². The van der Waals surface area contributed by atoms with Gasteiger partial charge >= 0.3 is 34.2 Å². The summed E-state index contributed by atoms with van der Waals surface area (Å²) in [5.41, 5.74) is 0. The second-order valence-electron chi connectivity index (χ2n) is 5.88. The zero-order valence-corrected chi connectivity index (χ0v) is 17.3. The average molecular weight is 376 g/mol. The molecule has 1 rings (SSSR count). The van der Waals surface area contributed by atoms with E-state index in [1.165, 1.54) is 0 Å². The Morgan fingerprint density at radius 3 is 1.24 bits per heavy atom. The third-order valence-electron chi connectivity index (χ3n) is 2.15. The lowest BCUT2D eigenvalue weighted by Gasteiger charge is -2.47. The Bertz CT molecular complexity index is 275. The highest BCUT2D eigenvalue weighted by Gasteiger charge is 2.51. The van der Waals surface area contributed by atoms with Crippen molar-refractivity contribution in [1.82, 2.24) is 0 Å². The van der Waals surface area contributed by atoms with Gasteiger partial charge in [0.05, 0.1) is 0 Å². The Kier molecular flexibility index (Phi) is 4.72. The van der Waals surface area contributed by atoms with Gasteiger partial charge in [0, 0.05) is 4.95 Å². The van der Waals surface area contributed by atoms with Crippen molar-refractivity contribution in [3.8, 4) is 0 Å². The minimum absolute atomic E-state index is 0.752. The zero-order valence-electron chi connectivity index (χ0n) is 11.7. The smallest absolute Gasteiger partial charge is 0.328 e. The summed E-state index contributed by atoms with van der Waals surface area (Å²) in [6, 6.07) is 0. The molecule has 1 saturated heterocycles. The molecule has 1 aliphatic heterocycles. The highest BCUT2D eigenvalue weighted by molar-refractivity contribution is 9.09. The van der Waals surface area contributed by atoms with E-state index in [1.807, 2.05) is 0 Å². The highest BCUT2D eigenvalue weighted by Crippen LogP contribution is 2.31. The minimum Gasteiger partial charge on any atom is -0.416 e. The van der Waals surface area contributed by atoms with E-state index in [-0.39, 0.29) is 0 Å². The Morgan fingerprint density at radius 1 is 0.647 bits per heavy atom. The van der Waals surface area contributed by atoms with Gasteiger partial charge in [-0.2, -0.15) is 0 Å². The monoisotopic (exact) mass is 374 g/mol. The lowest BCUT2D eigenvalue weighted by molar-refractivity contribution is 0.238. The van der Waals surface area contributed by atoms with E-state index in [0.717, 1.165) is 4.95 Å². The van der Waals surface area contributed by atoms with Crippen LogP contribution in [-0.4, -0.2) is 39.2 Å². The van der Waals surface area contributed by atoms with Gasteiger partial charge in [0.15, 0.2) is 0 Å². The zero-order chi connectivity index (χ0) is 13.5. The van der Waals surface area contributed by atoms with Crippen LogP contribution in [0.5, 0.6) is 0 Å². The van der Waals surface area contributed by atoms with E-state index < -0.39 is 34.2 Å². The van der Waals surface area contributed by atoms with Gasteiger partial charge in [-0.1, -0.05) is 15.9 Å². The molecule has 0 bridgehead atoms. The van der Waals surface area contributed by atoms with Gasteiger partial charge in [-0.15, -0.1) is 0 Å². The fourth-order valence-electron chi connectivity index (χ4n) is 2.36. The van der Waals surface area contributed by atoms with Gasteiger partial charge in [-0.25, -0.2) is 0 Å². The SMILES string of the molecule is C[Si]1(C)O[Si](C)(C)O[Si](C)(CBr)O[Si](C)(C)O1. The summed E-state index contributed by atoms with van der Waals surface area (Å²) in [6.07, 6.45) is 0. The molecular formula is C8H23BrO4Si4. The Labute approximate surface area is 117 Å². The summed E-state index contributed by atoms with van der Waals surface area (Å²) in [5, 5.41) is 0. The maximum absolute atomic E-state index is 6.26. The van der Waals surface area contributed by atoms with Crippen molar-refractivity contribution in [2.24, 2.45) is 0 Å². The van der Waals surface area contributed by atoms with Crippen LogP contribution in [0.3, 0.4) is 0 Å². The van der Waals surface area contributed by atoms with E-state index in [9.17, 15) is 0 Å². The first-order chi connectivity index (χ1) is 7.39. The first kappa shape index (κ1) is 16.2. The van der Waals surface area contributed by atoms with Crippen molar-refractivity contribution >= 4 is 50.2 Å². The maximum Gasteiger partial charge on any atom is 0.328 e. The summed E-state index contributed by atoms with van der Waals surface area (Å²) in [5.74, 6) is 0. The predicted molar refractivity (Wildman–Crippen MR) is 82.2 cm³/mol. The van der Waals surface area contributed by atoms with Crippen LogP contribution in [0.15, 0.2) is 0 Å². The highest BCUT2D eigenvalue weighted by atomic mass is 79.9. The second kappa shape index (κ2) is 4.94. The summed E-state index contributed by atoms with van der Waals surface area (Å²) < 4.78 is 24.9. The standard InChI is InChI=1S/C8H23BrO4Si4/c1-14(2)10-15(3,4)12-17(7,8-9)13-16(5,6)11-14/h8H2,1-7H3. The van der Waals surface area contributed by atoms with Crippen LogP contribution in [0.4, 0.5) is 0 Å². The molecule has 0 spiro atoms. The largest absolute Gasteiger partial charge is 0.416 e. The topological polar surface area (TPSA) is 36.9 Å². The average Bonchev–Trinajstić information content (AvgIpc) is 1.93. The van der Waals surface area contributed by atoms with Crippen LogP contribution in [0.25, 0.3) is 0 Å². The third kappa shape index (κ3) is 4.99. The number of hydrogen-bond donors (Lipinski definition) is 0. The van der Waals surface area contributed by atoms with E-state index >= 15 is 0 Å². The predicted octanol–water partition coefficient (Wildman–Crippen LogP) is 3.18. The maximum atomic E-state index is 6.26. The minimum atomic E-state index is -2.21. The van der Waals surface area contributed by atoms with E-state index in [2.05, 4.69) is 61.8 Å². The van der Waals surface area contributed by atoms with E-state index in [0.29, 0.717) is 0 Å². The van der Waals surface area contributed by atoms with Gasteiger partial charge in [0.25, 0.3) is 0 Å². The first-order valence-corrected chi connectivity index (χ1v) is 17.8. The second-order valence-corrected chi connectivity index (χ2v) is 21.8. The normalized spacial score (nSPS) is 30.4. The van der Waals surface area contributed by atoms with Crippen LogP contribution < -0.4 is 0 Å². The summed E-state index contributed by atoms with van der Waals surface area (Å²) in [4.78, 5) is 0.752. The van der Waals surface area contributed by atoms with Crippen LogP contribution >= 0.6 is 15.9 Å². The molecule has 0 aromatic rings. The van der Waals surface area contributed by atoms with Gasteiger partial charge in [0.2, 0.25) is 0 Å². The lowest BCUT2D eigenvalue weighted by atomic mass is 11.9. The summed E-state index contributed by atoms with van der Waals surface area (Å²) in [6.45, 7) is 14.5. The molecule has 0 N–H and O–H groups in total. The Morgan fingerprint density at radius 2 is 0.941 bits per heavy atom. The molecule has 1 fully saturated rings. The molecule has 1 heterocycles. The first-order valence-electron chi connectivity index (χ1n) is 5.75. The molecule has 0 unspecified atom stereocenters. The van der Waals surface area contributed by atoms with Gasteiger partial charge in [-0.3, -0.25) is 0 Å². The van der Waals surface area contributed by atoms with E-state index in [4.69, 9.17) is 16.5 Å². The van der Waals surface area contributed by atoms with Gasteiger partial charge in [-0.05, 0) is 45.8 Å². The number of halogens is 1. The lowest BCUT2D eigenvalue weighted by Crippen LogP contribution is -2.65. The van der Waals surface area contributed by atoms with Crippen LogP contribution in [0, 0.1) is 0 Å². The Hall–Kier alpha value is 1.19. The third-order valence-corrected chi connectivity index (χ3v) is 20.9. The molecule has 102 valence electrons. The van der Waals surface area contributed by atoms with Crippen LogP contribution in [-0.2, 0) is 16.5 Å². The molecule has 0 amide bonds. The fourth-order valence-corrected chi connectivity index (χ4v) is 24.8. The summed E-state index contributed by atoms with van der Waals surface area (Å²) in [7, 11) is -8.68. The van der Waals surface area contributed by atoms with Crippen LogP contribution in [0.1, 0.15) is 0 Å². The molecular weight excluding hydrogens is 352 g/mol. The fraction of sp³-hybridized carbons (Fsp3) is 1.00. The molecule has 0 atom stereocenters. The molecule has 17 heavy (non-hydrogen) atoms. The van der Waals surface area contributed by atoms with Crippen LogP contribution in [0.2, 0.25) is 45.8 Å².